The summed E-state index contributed by atoms with van der Waals surface area (Å²) in [5.74, 6) is -0.729. The normalized spacial score (nSPS) is 10.3. The monoisotopic (exact) mass is 205 g/mol. The number of halogens is 2. The first kappa shape index (κ1) is 9.77. The van der Waals surface area contributed by atoms with Crippen LogP contribution >= 0.6 is 0 Å². The lowest BCUT2D eigenvalue weighted by Gasteiger charge is -2.02. The summed E-state index contributed by atoms with van der Waals surface area (Å²) in [5, 5.41) is 0. The molecule has 0 bridgehead atoms. The van der Waals surface area contributed by atoms with Crippen molar-refractivity contribution in [2.45, 2.75) is 6.92 Å². The van der Waals surface area contributed by atoms with Crippen molar-refractivity contribution < 1.29 is 8.78 Å². The van der Waals surface area contributed by atoms with Gasteiger partial charge in [0.15, 0.2) is 0 Å². The Bertz CT molecular complexity index is 477. The van der Waals surface area contributed by atoms with E-state index >= 15 is 0 Å². The second-order valence-electron chi connectivity index (χ2n) is 3.35. The van der Waals surface area contributed by atoms with Crippen molar-refractivity contribution in [3.05, 3.63) is 53.7 Å². The Balaban J connectivity index is 2.49. The van der Waals surface area contributed by atoms with Crippen molar-refractivity contribution in [1.29, 1.82) is 0 Å². The van der Waals surface area contributed by atoms with Gasteiger partial charge < -0.3 is 0 Å². The number of benzene rings is 1. The van der Waals surface area contributed by atoms with Gasteiger partial charge in [0.25, 0.3) is 0 Å². The van der Waals surface area contributed by atoms with Crippen LogP contribution in [0.15, 0.2) is 36.5 Å². The highest BCUT2D eigenvalue weighted by Gasteiger charge is 2.06. The zero-order chi connectivity index (χ0) is 10.8. The fourth-order valence-electron chi connectivity index (χ4n) is 1.35. The minimum Gasteiger partial charge on any atom is -0.253 e. The first-order valence-electron chi connectivity index (χ1n) is 4.55. The zero-order valence-electron chi connectivity index (χ0n) is 8.17. The smallest absolute Gasteiger partial charge is 0.149 e. The SMILES string of the molecule is Cc1cnc(-c2ccc(F)cc2)c(F)c1. The zero-order valence-corrected chi connectivity index (χ0v) is 8.17. The van der Waals surface area contributed by atoms with Gasteiger partial charge in [0, 0.05) is 11.8 Å². The van der Waals surface area contributed by atoms with Crippen LogP contribution in [0.5, 0.6) is 0 Å². The van der Waals surface area contributed by atoms with Crippen LogP contribution in [0.4, 0.5) is 8.78 Å². The predicted molar refractivity (Wildman–Crippen MR) is 54.3 cm³/mol. The van der Waals surface area contributed by atoms with Gasteiger partial charge in [-0.3, -0.25) is 4.98 Å². The summed E-state index contributed by atoms with van der Waals surface area (Å²) >= 11 is 0. The van der Waals surface area contributed by atoms with Crippen molar-refractivity contribution in [2.24, 2.45) is 0 Å². The molecule has 0 atom stereocenters. The number of aromatic nitrogens is 1. The van der Waals surface area contributed by atoms with E-state index in [0.29, 0.717) is 5.56 Å². The predicted octanol–water partition coefficient (Wildman–Crippen LogP) is 3.34. The first-order valence-corrected chi connectivity index (χ1v) is 4.55. The molecule has 1 aromatic heterocycles. The number of hydrogen-bond acceptors (Lipinski definition) is 1. The Hall–Kier alpha value is -1.77. The summed E-state index contributed by atoms with van der Waals surface area (Å²) in [6.45, 7) is 1.77. The standard InChI is InChI=1S/C12H9F2N/c1-8-6-11(14)12(15-7-8)9-2-4-10(13)5-3-9/h2-7H,1H3. The molecule has 0 N–H and O–H groups in total. The highest BCUT2D eigenvalue weighted by Crippen LogP contribution is 2.20. The molecule has 0 radical (unpaired) electrons. The molecule has 0 unspecified atom stereocenters. The molecule has 0 amide bonds. The molecule has 2 rings (SSSR count). The van der Waals surface area contributed by atoms with E-state index < -0.39 is 0 Å². The Morgan fingerprint density at radius 2 is 1.73 bits per heavy atom. The van der Waals surface area contributed by atoms with Crippen molar-refractivity contribution in [3.8, 4) is 11.3 Å². The fourth-order valence-corrected chi connectivity index (χ4v) is 1.35. The molecular formula is C12H9F2N. The highest BCUT2D eigenvalue weighted by molar-refractivity contribution is 5.59. The molecule has 1 nitrogen and oxygen atoms in total. The summed E-state index contributed by atoms with van der Waals surface area (Å²) in [5.41, 5.74) is 1.59. The lowest BCUT2D eigenvalue weighted by Crippen LogP contribution is -1.90. The van der Waals surface area contributed by atoms with Gasteiger partial charge in [-0.25, -0.2) is 8.78 Å². The molecule has 0 spiro atoms. The third-order valence-corrected chi connectivity index (χ3v) is 2.10. The van der Waals surface area contributed by atoms with Crippen molar-refractivity contribution in [2.75, 3.05) is 0 Å². The van der Waals surface area contributed by atoms with Gasteiger partial charge >= 0.3 is 0 Å². The Morgan fingerprint density at radius 1 is 1.07 bits per heavy atom. The van der Waals surface area contributed by atoms with Crippen molar-refractivity contribution in [1.82, 2.24) is 4.98 Å². The van der Waals surface area contributed by atoms with Crippen LogP contribution in [0.3, 0.4) is 0 Å². The van der Waals surface area contributed by atoms with E-state index in [2.05, 4.69) is 4.98 Å². The summed E-state index contributed by atoms with van der Waals surface area (Å²) in [6, 6.07) is 7.00. The van der Waals surface area contributed by atoms with Crippen LogP contribution in [-0.2, 0) is 0 Å². The van der Waals surface area contributed by atoms with Gasteiger partial charge in [-0.1, -0.05) is 0 Å². The number of hydrogen-bond donors (Lipinski definition) is 0. The largest absolute Gasteiger partial charge is 0.253 e. The highest BCUT2D eigenvalue weighted by atomic mass is 19.1. The lowest BCUT2D eigenvalue weighted by atomic mass is 10.1. The molecule has 0 aliphatic rings. The van der Waals surface area contributed by atoms with Crippen LogP contribution < -0.4 is 0 Å². The van der Waals surface area contributed by atoms with E-state index in [4.69, 9.17) is 0 Å². The Labute approximate surface area is 86.4 Å². The summed E-state index contributed by atoms with van der Waals surface area (Å²) in [4.78, 5) is 3.98. The topological polar surface area (TPSA) is 12.9 Å². The Morgan fingerprint density at radius 3 is 2.33 bits per heavy atom. The molecule has 0 fully saturated rings. The maximum absolute atomic E-state index is 13.5. The molecule has 1 aromatic carbocycles. The average molecular weight is 205 g/mol. The second kappa shape index (κ2) is 3.77. The summed E-state index contributed by atoms with van der Waals surface area (Å²) in [6.07, 6.45) is 1.59. The van der Waals surface area contributed by atoms with Crippen LogP contribution in [0.25, 0.3) is 11.3 Å². The van der Waals surface area contributed by atoms with E-state index in [1.54, 1.807) is 13.1 Å². The van der Waals surface area contributed by atoms with Gasteiger partial charge in [0.05, 0.1) is 0 Å². The van der Waals surface area contributed by atoms with Gasteiger partial charge in [-0.2, -0.15) is 0 Å². The van der Waals surface area contributed by atoms with E-state index in [-0.39, 0.29) is 17.3 Å². The lowest BCUT2D eigenvalue weighted by molar-refractivity contribution is 0.622. The van der Waals surface area contributed by atoms with Crippen molar-refractivity contribution in [3.63, 3.8) is 0 Å². The third kappa shape index (κ3) is 2.01. The van der Waals surface area contributed by atoms with Crippen LogP contribution in [0, 0.1) is 18.6 Å². The number of aryl methyl sites for hydroxylation is 1. The van der Waals surface area contributed by atoms with E-state index in [9.17, 15) is 8.78 Å². The van der Waals surface area contributed by atoms with Gasteiger partial charge in [0.1, 0.15) is 17.3 Å². The maximum atomic E-state index is 13.5. The number of rotatable bonds is 1. The second-order valence-corrected chi connectivity index (χ2v) is 3.35. The molecule has 0 saturated carbocycles. The molecule has 0 saturated heterocycles. The quantitative estimate of drug-likeness (QED) is 0.695. The van der Waals surface area contributed by atoms with Crippen LogP contribution in [0.2, 0.25) is 0 Å². The van der Waals surface area contributed by atoms with Crippen LogP contribution in [-0.4, -0.2) is 4.98 Å². The summed E-state index contributed by atoms with van der Waals surface area (Å²) < 4.78 is 26.1. The number of nitrogens with zero attached hydrogens (tertiary/aromatic N) is 1. The summed E-state index contributed by atoms with van der Waals surface area (Å²) in [7, 11) is 0. The van der Waals surface area contributed by atoms with Gasteiger partial charge in [-0.15, -0.1) is 0 Å². The molecule has 1 heterocycles. The molecule has 0 aliphatic carbocycles. The third-order valence-electron chi connectivity index (χ3n) is 2.10. The minimum absolute atomic E-state index is 0.251. The minimum atomic E-state index is -0.387. The van der Waals surface area contributed by atoms with E-state index in [0.717, 1.165) is 5.56 Å². The first-order chi connectivity index (χ1) is 7.16. The Kier molecular flexibility index (Phi) is 2.46. The van der Waals surface area contributed by atoms with E-state index in [1.165, 1.54) is 30.3 Å². The molecule has 15 heavy (non-hydrogen) atoms. The maximum Gasteiger partial charge on any atom is 0.149 e. The number of pyridine rings is 1. The van der Waals surface area contributed by atoms with E-state index in [1.807, 2.05) is 0 Å². The average Bonchev–Trinajstić information content (AvgIpc) is 2.20. The van der Waals surface area contributed by atoms with Crippen LogP contribution in [0.1, 0.15) is 5.56 Å². The van der Waals surface area contributed by atoms with Gasteiger partial charge in [-0.05, 0) is 42.8 Å². The molecule has 3 heteroatoms. The molecule has 2 aromatic rings. The fraction of sp³-hybridized carbons (Fsp3) is 0.0833. The molecule has 0 aliphatic heterocycles. The molecular weight excluding hydrogens is 196 g/mol. The van der Waals surface area contributed by atoms with Gasteiger partial charge in [0.2, 0.25) is 0 Å². The molecule has 76 valence electrons. The van der Waals surface area contributed by atoms with Crippen molar-refractivity contribution >= 4 is 0 Å².